The maximum atomic E-state index is 10.0. The highest BCUT2D eigenvalue weighted by molar-refractivity contribution is 5.54. The van der Waals surface area contributed by atoms with Gasteiger partial charge in [0.2, 0.25) is 0 Å². The number of para-hydroxylation sites is 1. The summed E-state index contributed by atoms with van der Waals surface area (Å²) in [4.78, 5) is 2.41. The van der Waals surface area contributed by atoms with E-state index in [1.54, 1.807) is 0 Å². The van der Waals surface area contributed by atoms with Crippen LogP contribution in [0.5, 0.6) is 0 Å². The van der Waals surface area contributed by atoms with E-state index in [9.17, 15) is 5.11 Å². The number of hydrogen-bond donors (Lipinski definition) is 1. The number of aliphatic hydroxyl groups excluding tert-OH is 1. The van der Waals surface area contributed by atoms with Gasteiger partial charge in [-0.2, -0.15) is 0 Å². The Balaban J connectivity index is 2.24. The summed E-state index contributed by atoms with van der Waals surface area (Å²) in [6.07, 6.45) is 4.35. The molecule has 0 spiro atoms. The third-order valence-electron chi connectivity index (χ3n) is 3.38. The summed E-state index contributed by atoms with van der Waals surface area (Å²) in [5.74, 6) is 0. The minimum absolute atomic E-state index is 0.321. The molecule has 1 unspecified atom stereocenters. The van der Waals surface area contributed by atoms with Gasteiger partial charge in [-0.05, 0) is 31.7 Å². The molecule has 1 aliphatic heterocycles. The van der Waals surface area contributed by atoms with Crippen LogP contribution in [0.15, 0.2) is 24.3 Å². The third kappa shape index (κ3) is 2.38. The van der Waals surface area contributed by atoms with Crippen molar-refractivity contribution in [3.8, 4) is 0 Å². The minimum atomic E-state index is -0.321. The van der Waals surface area contributed by atoms with E-state index in [1.165, 1.54) is 24.9 Å². The molecule has 0 saturated carbocycles. The van der Waals surface area contributed by atoms with Crippen LogP contribution in [0.2, 0.25) is 0 Å². The molecule has 0 aliphatic carbocycles. The lowest BCUT2D eigenvalue weighted by atomic mass is 10.0. The van der Waals surface area contributed by atoms with Gasteiger partial charge in [0.05, 0.1) is 6.10 Å². The summed E-state index contributed by atoms with van der Waals surface area (Å²) in [6, 6.07) is 8.27. The molecular formula is C14H21NO. The molecule has 1 N–H and O–H groups in total. The lowest BCUT2D eigenvalue weighted by Gasteiger charge is -2.31. The lowest BCUT2D eigenvalue weighted by molar-refractivity contribution is 0.174. The van der Waals surface area contributed by atoms with Crippen LogP contribution in [0.4, 0.5) is 5.69 Å². The molecule has 1 aromatic carbocycles. The van der Waals surface area contributed by atoms with Gasteiger partial charge in [-0.3, -0.25) is 0 Å². The van der Waals surface area contributed by atoms with E-state index in [4.69, 9.17) is 0 Å². The summed E-state index contributed by atoms with van der Waals surface area (Å²) in [5.41, 5.74) is 2.32. The van der Waals surface area contributed by atoms with Crippen molar-refractivity contribution in [2.75, 3.05) is 18.0 Å². The molecule has 1 saturated heterocycles. The number of hydrogen-bond acceptors (Lipinski definition) is 2. The van der Waals surface area contributed by atoms with Crippen LogP contribution in [0, 0.1) is 0 Å². The Bertz CT molecular complexity index is 331. The highest BCUT2D eigenvalue weighted by Gasteiger charge is 2.17. The molecule has 1 aliphatic rings. The van der Waals surface area contributed by atoms with Crippen molar-refractivity contribution in [2.24, 2.45) is 0 Å². The van der Waals surface area contributed by atoms with Crippen LogP contribution in [-0.2, 0) is 0 Å². The van der Waals surface area contributed by atoms with Crippen LogP contribution >= 0.6 is 0 Å². The second-order valence-electron chi connectivity index (χ2n) is 4.53. The van der Waals surface area contributed by atoms with Crippen molar-refractivity contribution < 1.29 is 5.11 Å². The van der Waals surface area contributed by atoms with E-state index in [0.717, 1.165) is 25.1 Å². The molecule has 0 bridgehead atoms. The van der Waals surface area contributed by atoms with Crippen LogP contribution < -0.4 is 4.90 Å². The van der Waals surface area contributed by atoms with Gasteiger partial charge in [0.25, 0.3) is 0 Å². The first-order valence-electron chi connectivity index (χ1n) is 6.35. The number of piperidine rings is 1. The van der Waals surface area contributed by atoms with Crippen LogP contribution in [0.25, 0.3) is 0 Å². The van der Waals surface area contributed by atoms with Gasteiger partial charge in [0, 0.05) is 24.3 Å². The van der Waals surface area contributed by atoms with Gasteiger partial charge < -0.3 is 10.0 Å². The van der Waals surface area contributed by atoms with E-state index in [1.807, 2.05) is 13.0 Å². The molecule has 1 atom stereocenters. The fourth-order valence-corrected chi connectivity index (χ4v) is 2.41. The predicted octanol–water partition coefficient (Wildman–Crippen LogP) is 3.12. The second-order valence-corrected chi connectivity index (χ2v) is 4.53. The number of aliphatic hydroxyl groups is 1. The van der Waals surface area contributed by atoms with Gasteiger partial charge in [-0.15, -0.1) is 0 Å². The fraction of sp³-hybridized carbons (Fsp3) is 0.571. The molecule has 2 nitrogen and oxygen atoms in total. The van der Waals surface area contributed by atoms with Crippen molar-refractivity contribution in [3.05, 3.63) is 29.8 Å². The molecule has 1 heterocycles. The molecule has 2 rings (SSSR count). The SMILES string of the molecule is CCC(O)c1ccccc1N1CCCCC1. The van der Waals surface area contributed by atoms with Crippen molar-refractivity contribution in [3.63, 3.8) is 0 Å². The average Bonchev–Trinajstić information content (AvgIpc) is 2.39. The Morgan fingerprint density at radius 2 is 1.88 bits per heavy atom. The monoisotopic (exact) mass is 219 g/mol. The summed E-state index contributed by atoms with van der Waals surface area (Å²) in [6.45, 7) is 4.29. The summed E-state index contributed by atoms with van der Waals surface area (Å²) >= 11 is 0. The average molecular weight is 219 g/mol. The third-order valence-corrected chi connectivity index (χ3v) is 3.38. The van der Waals surface area contributed by atoms with Gasteiger partial charge in [0.1, 0.15) is 0 Å². The highest BCUT2D eigenvalue weighted by Crippen LogP contribution is 2.29. The molecule has 1 aromatic rings. The summed E-state index contributed by atoms with van der Waals surface area (Å²) < 4.78 is 0. The van der Waals surface area contributed by atoms with Crippen LogP contribution in [0.3, 0.4) is 0 Å². The van der Waals surface area contributed by atoms with Crippen molar-refractivity contribution in [1.82, 2.24) is 0 Å². The number of nitrogens with zero attached hydrogens (tertiary/aromatic N) is 1. The van der Waals surface area contributed by atoms with Crippen LogP contribution in [0.1, 0.15) is 44.3 Å². The van der Waals surface area contributed by atoms with Gasteiger partial charge in [-0.25, -0.2) is 0 Å². The molecule has 88 valence electrons. The zero-order chi connectivity index (χ0) is 11.4. The Kier molecular flexibility index (Phi) is 3.83. The van der Waals surface area contributed by atoms with Crippen molar-refractivity contribution in [2.45, 2.75) is 38.7 Å². The van der Waals surface area contributed by atoms with E-state index >= 15 is 0 Å². The largest absolute Gasteiger partial charge is 0.388 e. The molecule has 16 heavy (non-hydrogen) atoms. The molecular weight excluding hydrogens is 198 g/mol. The molecule has 2 heteroatoms. The maximum Gasteiger partial charge on any atom is 0.0807 e. The van der Waals surface area contributed by atoms with Crippen molar-refractivity contribution in [1.29, 1.82) is 0 Å². The first-order chi connectivity index (χ1) is 7.83. The predicted molar refractivity (Wildman–Crippen MR) is 67.8 cm³/mol. The first kappa shape index (κ1) is 11.5. The molecule has 0 aromatic heterocycles. The number of rotatable bonds is 3. The highest BCUT2D eigenvalue weighted by atomic mass is 16.3. The Morgan fingerprint density at radius 1 is 1.19 bits per heavy atom. The normalized spacial score (nSPS) is 18.5. The zero-order valence-corrected chi connectivity index (χ0v) is 10.0. The Labute approximate surface area is 97.9 Å². The quantitative estimate of drug-likeness (QED) is 0.844. The topological polar surface area (TPSA) is 23.5 Å². The summed E-state index contributed by atoms with van der Waals surface area (Å²) in [7, 11) is 0. The van der Waals surface area contributed by atoms with E-state index < -0.39 is 0 Å². The standard InChI is InChI=1S/C14H21NO/c1-2-14(16)12-8-4-5-9-13(12)15-10-6-3-7-11-15/h4-5,8-9,14,16H,2-3,6-7,10-11H2,1H3. The Hall–Kier alpha value is -1.02. The smallest absolute Gasteiger partial charge is 0.0807 e. The molecule has 0 amide bonds. The molecule has 0 radical (unpaired) electrons. The number of anilines is 1. The van der Waals surface area contributed by atoms with Gasteiger partial charge in [0.15, 0.2) is 0 Å². The fourth-order valence-electron chi connectivity index (χ4n) is 2.41. The van der Waals surface area contributed by atoms with E-state index in [0.29, 0.717) is 0 Å². The second kappa shape index (κ2) is 5.35. The minimum Gasteiger partial charge on any atom is -0.388 e. The first-order valence-corrected chi connectivity index (χ1v) is 6.35. The zero-order valence-electron chi connectivity index (χ0n) is 10.0. The lowest BCUT2D eigenvalue weighted by Crippen LogP contribution is -2.30. The maximum absolute atomic E-state index is 10.0. The van der Waals surface area contributed by atoms with Gasteiger partial charge >= 0.3 is 0 Å². The van der Waals surface area contributed by atoms with Crippen LogP contribution in [-0.4, -0.2) is 18.2 Å². The summed E-state index contributed by atoms with van der Waals surface area (Å²) in [5, 5.41) is 10.0. The van der Waals surface area contributed by atoms with Crippen molar-refractivity contribution >= 4 is 5.69 Å². The molecule has 1 fully saturated rings. The number of benzene rings is 1. The van der Waals surface area contributed by atoms with Gasteiger partial charge in [-0.1, -0.05) is 25.1 Å². The van der Waals surface area contributed by atoms with E-state index in [2.05, 4.69) is 23.1 Å². The Morgan fingerprint density at radius 3 is 2.56 bits per heavy atom. The van der Waals surface area contributed by atoms with E-state index in [-0.39, 0.29) is 6.10 Å².